The van der Waals surface area contributed by atoms with Crippen LogP contribution in [0.2, 0.25) is 0 Å². The molecule has 10 heteroatoms. The average molecular weight is 471 g/mol. The summed E-state index contributed by atoms with van der Waals surface area (Å²) in [6.07, 6.45) is -5.03. The van der Waals surface area contributed by atoms with Gasteiger partial charge in [0.15, 0.2) is 11.5 Å². The number of hydrogen-bond acceptors (Lipinski definition) is 5. The van der Waals surface area contributed by atoms with Crippen LogP contribution in [0.3, 0.4) is 0 Å². The van der Waals surface area contributed by atoms with Crippen LogP contribution in [0.1, 0.15) is 5.56 Å². The number of benzene rings is 3. The van der Waals surface area contributed by atoms with E-state index in [1.807, 2.05) is 19.1 Å². The molecule has 5 rings (SSSR count). The fourth-order valence-electron chi connectivity index (χ4n) is 3.35. The number of aromatic nitrogens is 1. The van der Waals surface area contributed by atoms with Gasteiger partial charge < -0.3 is 14.8 Å². The van der Waals surface area contributed by atoms with Crippen molar-refractivity contribution < 1.29 is 27.4 Å². The highest BCUT2D eigenvalue weighted by atomic mass is 32.1. The largest absolute Gasteiger partial charge is 0.492 e. The van der Waals surface area contributed by atoms with E-state index >= 15 is 0 Å². The van der Waals surface area contributed by atoms with Gasteiger partial charge in [-0.05, 0) is 61.0 Å². The maximum Gasteiger partial charge on any atom is 0.492 e. The molecule has 4 aromatic rings. The van der Waals surface area contributed by atoms with E-state index in [0.29, 0.717) is 5.69 Å². The minimum absolute atomic E-state index is 0.120. The second kappa shape index (κ2) is 7.66. The van der Waals surface area contributed by atoms with Gasteiger partial charge in [0.1, 0.15) is 5.01 Å². The number of nitrogens with one attached hydrogen (secondary N) is 2. The molecular formula is C23H16F3N3O3S. The summed E-state index contributed by atoms with van der Waals surface area (Å²) in [7, 11) is 0. The number of urea groups is 1. The SMILES string of the molecule is Cc1ccc2nc(-c3ccc(NC(=O)NC4(C(F)(F)F)Oc5ccccc5O4)cc3)sc2c1. The zero-order valence-corrected chi connectivity index (χ0v) is 17.9. The predicted molar refractivity (Wildman–Crippen MR) is 118 cm³/mol. The number of carbonyl (C=O) groups excluding carboxylic acids is 1. The third-order valence-electron chi connectivity index (χ3n) is 4.94. The number of rotatable bonds is 3. The van der Waals surface area contributed by atoms with Gasteiger partial charge in [0.05, 0.1) is 10.2 Å². The Hall–Kier alpha value is -3.79. The minimum atomic E-state index is -5.03. The highest BCUT2D eigenvalue weighted by molar-refractivity contribution is 7.21. The van der Waals surface area contributed by atoms with E-state index in [1.165, 1.54) is 35.6 Å². The van der Waals surface area contributed by atoms with Gasteiger partial charge in [0.25, 0.3) is 0 Å². The van der Waals surface area contributed by atoms with E-state index in [-0.39, 0.29) is 11.5 Å². The van der Waals surface area contributed by atoms with Gasteiger partial charge in [0, 0.05) is 11.3 Å². The third-order valence-corrected chi connectivity index (χ3v) is 6.01. The van der Waals surface area contributed by atoms with Crippen molar-refractivity contribution in [2.45, 2.75) is 19.0 Å². The number of thiazole rings is 1. The standard InChI is InChI=1S/C23H16F3N3O3S/c1-13-6-11-16-19(12-13)33-20(28-16)14-7-9-15(10-8-14)27-21(30)29-23(22(24,25)26)31-17-4-2-3-5-18(17)32-23/h2-12H,1H3,(H2,27,29,30). The molecule has 2 amide bonds. The Morgan fingerprint density at radius 3 is 2.30 bits per heavy atom. The Labute approximate surface area is 190 Å². The molecule has 3 aromatic carbocycles. The van der Waals surface area contributed by atoms with Gasteiger partial charge in [0.2, 0.25) is 0 Å². The van der Waals surface area contributed by atoms with Crippen molar-refractivity contribution >= 4 is 33.3 Å². The van der Waals surface area contributed by atoms with Crippen LogP contribution in [0.25, 0.3) is 20.8 Å². The maximum absolute atomic E-state index is 13.7. The van der Waals surface area contributed by atoms with E-state index < -0.39 is 18.1 Å². The molecule has 0 aliphatic carbocycles. The number of nitrogens with zero attached hydrogens (tertiary/aromatic N) is 1. The van der Waals surface area contributed by atoms with Crippen molar-refractivity contribution in [3.05, 3.63) is 72.3 Å². The van der Waals surface area contributed by atoms with Crippen molar-refractivity contribution in [3.8, 4) is 22.1 Å². The van der Waals surface area contributed by atoms with Crippen molar-refractivity contribution in [1.82, 2.24) is 10.3 Å². The zero-order valence-electron chi connectivity index (χ0n) is 17.1. The normalized spacial score (nSPS) is 14.3. The van der Waals surface area contributed by atoms with E-state index in [4.69, 9.17) is 9.47 Å². The first-order valence-corrected chi connectivity index (χ1v) is 10.6. The molecule has 0 bridgehead atoms. The van der Waals surface area contributed by atoms with E-state index in [0.717, 1.165) is 26.4 Å². The highest BCUT2D eigenvalue weighted by Gasteiger charge is 2.65. The summed E-state index contributed by atoms with van der Waals surface area (Å²) in [4.78, 5) is 17.0. The number of halogens is 3. The van der Waals surface area contributed by atoms with Crippen LogP contribution in [0.5, 0.6) is 11.5 Å². The molecule has 0 saturated carbocycles. The van der Waals surface area contributed by atoms with Gasteiger partial charge in [-0.15, -0.1) is 11.3 Å². The van der Waals surface area contributed by atoms with Crippen LogP contribution in [0.4, 0.5) is 23.7 Å². The number of para-hydroxylation sites is 2. The lowest BCUT2D eigenvalue weighted by Gasteiger charge is -2.29. The smallest absolute Gasteiger partial charge is 0.424 e. The number of carbonyl (C=O) groups is 1. The second-order valence-electron chi connectivity index (χ2n) is 7.41. The number of amides is 2. The molecule has 0 fully saturated rings. The molecule has 1 aromatic heterocycles. The monoisotopic (exact) mass is 471 g/mol. The van der Waals surface area contributed by atoms with Gasteiger partial charge in [-0.25, -0.2) is 9.78 Å². The van der Waals surface area contributed by atoms with Crippen LogP contribution in [-0.4, -0.2) is 23.1 Å². The first-order chi connectivity index (χ1) is 15.7. The van der Waals surface area contributed by atoms with Gasteiger partial charge in [-0.1, -0.05) is 18.2 Å². The molecule has 1 aliphatic heterocycles. The Morgan fingerprint density at radius 1 is 1.00 bits per heavy atom. The second-order valence-corrected chi connectivity index (χ2v) is 8.44. The summed E-state index contributed by atoms with van der Waals surface area (Å²) in [5.74, 6) is -3.56. The lowest BCUT2D eigenvalue weighted by molar-refractivity contribution is -0.317. The zero-order chi connectivity index (χ0) is 23.2. The average Bonchev–Trinajstić information content (AvgIpc) is 3.35. The molecule has 6 nitrogen and oxygen atoms in total. The Kier molecular flexibility index (Phi) is 4.89. The van der Waals surface area contributed by atoms with E-state index in [2.05, 4.69) is 16.4 Å². The number of alkyl halides is 3. The van der Waals surface area contributed by atoms with Gasteiger partial charge in [-0.2, -0.15) is 13.2 Å². The summed E-state index contributed by atoms with van der Waals surface area (Å²) in [6.45, 7) is 2.01. The molecule has 0 atom stereocenters. The topological polar surface area (TPSA) is 72.5 Å². The molecule has 0 spiro atoms. The number of hydrogen-bond donors (Lipinski definition) is 2. The van der Waals surface area contributed by atoms with Gasteiger partial charge >= 0.3 is 18.1 Å². The minimum Gasteiger partial charge on any atom is -0.424 e. The van der Waals surface area contributed by atoms with Gasteiger partial charge in [-0.3, -0.25) is 5.32 Å². The van der Waals surface area contributed by atoms with Crippen LogP contribution in [-0.2, 0) is 0 Å². The number of aryl methyl sites for hydroxylation is 1. The highest BCUT2D eigenvalue weighted by Crippen LogP contribution is 2.45. The number of anilines is 1. The first kappa shape index (κ1) is 21.1. The van der Waals surface area contributed by atoms with E-state index in [1.54, 1.807) is 29.6 Å². The molecule has 168 valence electrons. The molecular weight excluding hydrogens is 455 g/mol. The molecule has 33 heavy (non-hydrogen) atoms. The van der Waals surface area contributed by atoms with Crippen molar-refractivity contribution in [2.24, 2.45) is 0 Å². The third kappa shape index (κ3) is 3.93. The fourth-order valence-corrected chi connectivity index (χ4v) is 4.42. The fraction of sp³-hybridized carbons (Fsp3) is 0.130. The van der Waals surface area contributed by atoms with Crippen LogP contribution < -0.4 is 20.1 Å². The predicted octanol–water partition coefficient (Wildman–Crippen LogP) is 6.08. The quantitative estimate of drug-likeness (QED) is 0.380. The summed E-state index contributed by atoms with van der Waals surface area (Å²) >= 11 is 1.53. The van der Waals surface area contributed by atoms with Crippen molar-refractivity contribution in [2.75, 3.05) is 5.32 Å². The lowest BCUT2D eigenvalue weighted by atomic mass is 10.2. The lowest BCUT2D eigenvalue weighted by Crippen LogP contribution is -2.65. The summed E-state index contributed by atoms with van der Waals surface area (Å²) < 4.78 is 52.2. The van der Waals surface area contributed by atoms with Crippen LogP contribution in [0, 0.1) is 6.92 Å². The van der Waals surface area contributed by atoms with Crippen LogP contribution >= 0.6 is 11.3 Å². The maximum atomic E-state index is 13.7. The van der Waals surface area contributed by atoms with Crippen molar-refractivity contribution in [1.29, 1.82) is 0 Å². The molecule has 2 N–H and O–H groups in total. The summed E-state index contributed by atoms with van der Waals surface area (Å²) in [5.41, 5.74) is 3.14. The number of ether oxygens (including phenoxy) is 2. The van der Waals surface area contributed by atoms with Crippen LogP contribution in [0.15, 0.2) is 66.7 Å². The molecule has 0 unspecified atom stereocenters. The van der Waals surface area contributed by atoms with E-state index in [9.17, 15) is 18.0 Å². The Bertz CT molecular complexity index is 1330. The summed E-state index contributed by atoms with van der Waals surface area (Å²) in [6, 6.07) is 17.1. The summed E-state index contributed by atoms with van der Waals surface area (Å²) in [5, 5.41) is 4.94. The number of fused-ring (bicyclic) bond motifs is 2. The molecule has 0 radical (unpaired) electrons. The first-order valence-electron chi connectivity index (χ1n) is 9.83. The van der Waals surface area contributed by atoms with Crippen molar-refractivity contribution in [3.63, 3.8) is 0 Å². The Morgan fingerprint density at radius 2 is 1.67 bits per heavy atom. The molecule has 1 aliphatic rings. The Balaban J connectivity index is 1.31. The molecule has 0 saturated heterocycles. The molecule has 2 heterocycles.